The fraction of sp³-hybridized carbons (Fsp3) is 0.500. The number of hydrogen-bond donors (Lipinski definition) is 1. The summed E-state index contributed by atoms with van der Waals surface area (Å²) in [7, 11) is 0. The monoisotopic (exact) mass is 308 g/mol. The molecule has 2 saturated heterocycles. The van der Waals surface area contributed by atoms with Crippen molar-refractivity contribution in [1.82, 2.24) is 9.88 Å². The summed E-state index contributed by atoms with van der Waals surface area (Å²) in [5.74, 6) is -0.270. The molecule has 0 bridgehead atoms. The molecule has 0 spiro atoms. The number of ether oxygens (including phenoxy) is 1. The van der Waals surface area contributed by atoms with E-state index in [0.717, 1.165) is 6.42 Å². The van der Waals surface area contributed by atoms with Gasteiger partial charge in [-0.3, -0.25) is 9.59 Å². The fourth-order valence-corrected chi connectivity index (χ4v) is 4.23. The molecule has 1 aromatic heterocycles. The fourth-order valence-electron chi connectivity index (χ4n) is 2.81. The molecule has 7 heteroatoms. The van der Waals surface area contributed by atoms with Crippen LogP contribution in [-0.2, 0) is 14.3 Å². The van der Waals surface area contributed by atoms with Crippen LogP contribution in [0.25, 0.3) is 0 Å². The minimum absolute atomic E-state index is 0.0138. The third-order valence-electron chi connectivity index (χ3n) is 3.96. The van der Waals surface area contributed by atoms with Crippen LogP contribution >= 0.6 is 11.8 Å². The standard InChI is InChI=1S/C14H16N2O4S/c1-14-5-4-12(18)16(14)10(8-21-14)13(19)20-7-11(17)9-3-2-6-15-9/h2-3,6,10,15H,4-5,7-8H2,1H3. The number of aromatic amines is 1. The van der Waals surface area contributed by atoms with E-state index in [1.165, 1.54) is 0 Å². The molecule has 0 radical (unpaired) electrons. The Morgan fingerprint density at radius 2 is 2.38 bits per heavy atom. The van der Waals surface area contributed by atoms with Crippen LogP contribution in [0.2, 0.25) is 0 Å². The number of H-pyrrole nitrogens is 1. The average molecular weight is 308 g/mol. The SMILES string of the molecule is CC12CCC(=O)N1C(C(=O)OCC(=O)c1ccc[nH]1)CS2. The number of hydrogen-bond acceptors (Lipinski definition) is 5. The number of ketones is 1. The molecular formula is C14H16N2O4S. The van der Waals surface area contributed by atoms with Crippen molar-refractivity contribution < 1.29 is 19.1 Å². The molecule has 0 saturated carbocycles. The quantitative estimate of drug-likeness (QED) is 0.668. The molecule has 2 unspecified atom stereocenters. The maximum atomic E-state index is 12.2. The van der Waals surface area contributed by atoms with Crippen molar-refractivity contribution in [2.75, 3.05) is 12.4 Å². The first-order chi connectivity index (χ1) is 10.0. The van der Waals surface area contributed by atoms with E-state index in [1.807, 2.05) is 6.92 Å². The number of nitrogens with zero attached hydrogens (tertiary/aromatic N) is 1. The zero-order valence-electron chi connectivity index (χ0n) is 11.6. The number of nitrogens with one attached hydrogen (secondary N) is 1. The highest BCUT2D eigenvalue weighted by Crippen LogP contribution is 2.47. The number of amides is 1. The Morgan fingerprint density at radius 3 is 3.10 bits per heavy atom. The highest BCUT2D eigenvalue weighted by Gasteiger charge is 2.53. The van der Waals surface area contributed by atoms with Gasteiger partial charge in [0.15, 0.2) is 6.61 Å². The Bertz CT molecular complexity index is 586. The number of Topliss-reactive ketones (excluding diaryl/α,β-unsaturated/α-hetero) is 1. The van der Waals surface area contributed by atoms with Gasteiger partial charge in [0.2, 0.25) is 11.7 Å². The van der Waals surface area contributed by atoms with Gasteiger partial charge >= 0.3 is 5.97 Å². The van der Waals surface area contributed by atoms with Crippen molar-refractivity contribution >= 4 is 29.4 Å². The van der Waals surface area contributed by atoms with E-state index in [-0.39, 0.29) is 23.2 Å². The maximum Gasteiger partial charge on any atom is 0.330 e. The molecule has 2 atom stereocenters. The lowest BCUT2D eigenvalue weighted by atomic mass is 10.2. The van der Waals surface area contributed by atoms with Crippen LogP contribution in [-0.4, -0.2) is 50.8 Å². The summed E-state index contributed by atoms with van der Waals surface area (Å²) in [6, 6.07) is 2.76. The lowest BCUT2D eigenvalue weighted by Crippen LogP contribution is -2.46. The van der Waals surface area contributed by atoms with Crippen LogP contribution in [0.15, 0.2) is 18.3 Å². The van der Waals surface area contributed by atoms with E-state index < -0.39 is 12.0 Å². The third kappa shape index (κ3) is 2.46. The summed E-state index contributed by atoms with van der Waals surface area (Å²) in [6.07, 6.45) is 2.85. The highest BCUT2D eigenvalue weighted by atomic mass is 32.2. The van der Waals surface area contributed by atoms with Gasteiger partial charge in [0, 0.05) is 18.4 Å². The molecule has 1 aromatic rings. The van der Waals surface area contributed by atoms with Crippen molar-refractivity contribution in [2.45, 2.75) is 30.7 Å². The molecule has 0 aliphatic carbocycles. The van der Waals surface area contributed by atoms with Crippen molar-refractivity contribution in [3.63, 3.8) is 0 Å². The number of rotatable bonds is 4. The summed E-state index contributed by atoms with van der Waals surface area (Å²) >= 11 is 1.60. The van der Waals surface area contributed by atoms with Gasteiger partial charge in [0.05, 0.1) is 10.6 Å². The Balaban J connectivity index is 1.61. The van der Waals surface area contributed by atoms with Gasteiger partial charge in [-0.15, -0.1) is 11.8 Å². The minimum atomic E-state index is -0.577. The molecule has 21 heavy (non-hydrogen) atoms. The van der Waals surface area contributed by atoms with Crippen molar-refractivity contribution in [3.05, 3.63) is 24.0 Å². The lowest BCUT2D eigenvalue weighted by molar-refractivity contribution is -0.152. The summed E-state index contributed by atoms with van der Waals surface area (Å²) in [5.41, 5.74) is 0.408. The number of aromatic nitrogens is 1. The Hall–Kier alpha value is -1.76. The largest absolute Gasteiger partial charge is 0.456 e. The van der Waals surface area contributed by atoms with E-state index >= 15 is 0 Å². The first-order valence-corrected chi connectivity index (χ1v) is 7.79. The van der Waals surface area contributed by atoms with Gasteiger partial charge in [-0.25, -0.2) is 4.79 Å². The van der Waals surface area contributed by atoms with Gasteiger partial charge in [-0.2, -0.15) is 0 Å². The number of carbonyl (C=O) groups is 3. The van der Waals surface area contributed by atoms with Crippen LogP contribution in [0, 0.1) is 0 Å². The number of esters is 1. The molecule has 1 amide bonds. The Labute approximate surface area is 126 Å². The number of carbonyl (C=O) groups excluding carboxylic acids is 3. The molecule has 2 aliphatic rings. The van der Waals surface area contributed by atoms with Crippen molar-refractivity contribution in [1.29, 1.82) is 0 Å². The van der Waals surface area contributed by atoms with E-state index in [0.29, 0.717) is 17.9 Å². The lowest BCUT2D eigenvalue weighted by Gasteiger charge is -2.29. The van der Waals surface area contributed by atoms with Crippen LogP contribution in [0.5, 0.6) is 0 Å². The Kier molecular flexibility index (Phi) is 3.52. The molecule has 3 heterocycles. The molecule has 1 N–H and O–H groups in total. The van der Waals surface area contributed by atoms with E-state index in [2.05, 4.69) is 4.98 Å². The smallest absolute Gasteiger partial charge is 0.330 e. The third-order valence-corrected chi connectivity index (χ3v) is 5.47. The second-order valence-electron chi connectivity index (χ2n) is 5.38. The van der Waals surface area contributed by atoms with Crippen LogP contribution in [0.4, 0.5) is 0 Å². The Morgan fingerprint density at radius 1 is 1.57 bits per heavy atom. The van der Waals surface area contributed by atoms with E-state index in [9.17, 15) is 14.4 Å². The first-order valence-electron chi connectivity index (χ1n) is 6.80. The highest BCUT2D eigenvalue weighted by molar-refractivity contribution is 8.01. The van der Waals surface area contributed by atoms with Gasteiger partial charge in [0.1, 0.15) is 6.04 Å². The zero-order valence-corrected chi connectivity index (χ0v) is 12.4. The minimum Gasteiger partial charge on any atom is -0.456 e. The second kappa shape index (κ2) is 5.22. The molecule has 112 valence electrons. The van der Waals surface area contributed by atoms with E-state index in [4.69, 9.17) is 4.74 Å². The first kappa shape index (κ1) is 14.2. The van der Waals surface area contributed by atoms with Gasteiger partial charge in [-0.1, -0.05) is 0 Å². The van der Waals surface area contributed by atoms with Crippen LogP contribution < -0.4 is 0 Å². The molecule has 0 aromatic carbocycles. The summed E-state index contributed by atoms with van der Waals surface area (Å²) in [4.78, 5) is 40.0. The predicted octanol–water partition coefficient (Wildman–Crippen LogP) is 1.19. The van der Waals surface area contributed by atoms with E-state index in [1.54, 1.807) is 35.0 Å². The van der Waals surface area contributed by atoms with Gasteiger partial charge in [-0.05, 0) is 25.5 Å². The normalized spacial score (nSPS) is 27.8. The van der Waals surface area contributed by atoms with Crippen molar-refractivity contribution in [2.24, 2.45) is 0 Å². The van der Waals surface area contributed by atoms with Crippen LogP contribution in [0.3, 0.4) is 0 Å². The van der Waals surface area contributed by atoms with Gasteiger partial charge < -0.3 is 14.6 Å². The number of thioether (sulfide) groups is 1. The zero-order chi connectivity index (χ0) is 15.0. The predicted molar refractivity (Wildman–Crippen MR) is 76.8 cm³/mol. The summed E-state index contributed by atoms with van der Waals surface area (Å²) < 4.78 is 5.10. The molecular weight excluding hydrogens is 292 g/mol. The van der Waals surface area contributed by atoms with Crippen LogP contribution in [0.1, 0.15) is 30.3 Å². The van der Waals surface area contributed by atoms with Gasteiger partial charge in [0.25, 0.3) is 0 Å². The second-order valence-corrected chi connectivity index (χ2v) is 6.88. The molecule has 2 fully saturated rings. The summed E-state index contributed by atoms with van der Waals surface area (Å²) in [5, 5.41) is 0. The number of fused-ring (bicyclic) bond motifs is 1. The molecule has 6 nitrogen and oxygen atoms in total. The molecule has 3 rings (SSSR count). The summed E-state index contributed by atoms with van der Waals surface area (Å²) in [6.45, 7) is 1.67. The molecule has 2 aliphatic heterocycles. The maximum absolute atomic E-state index is 12.2. The average Bonchev–Trinajstić information content (AvgIpc) is 3.14. The topological polar surface area (TPSA) is 79.5 Å². The van der Waals surface area contributed by atoms with Crippen molar-refractivity contribution in [3.8, 4) is 0 Å².